The Balaban J connectivity index is 2.45. The second-order valence-electron chi connectivity index (χ2n) is 5.17. The molecule has 0 radical (unpaired) electrons. The maximum absolute atomic E-state index is 9.67. The SMILES string of the molecule is CCCCC(CC)(CO)CCOc1ccc(Br)cc1. The van der Waals surface area contributed by atoms with Gasteiger partial charge in [-0.3, -0.25) is 0 Å². The molecular formula is C16H25BrO2. The van der Waals surface area contributed by atoms with Crippen LogP contribution in [-0.2, 0) is 0 Å². The van der Waals surface area contributed by atoms with Gasteiger partial charge in [0.1, 0.15) is 5.75 Å². The Bertz CT molecular complexity index is 344. The van der Waals surface area contributed by atoms with Crippen molar-refractivity contribution in [1.82, 2.24) is 0 Å². The zero-order valence-corrected chi connectivity index (χ0v) is 13.6. The Morgan fingerprint density at radius 3 is 2.37 bits per heavy atom. The van der Waals surface area contributed by atoms with E-state index in [0.717, 1.165) is 29.5 Å². The highest BCUT2D eigenvalue weighted by Gasteiger charge is 2.26. The quantitative estimate of drug-likeness (QED) is 0.705. The van der Waals surface area contributed by atoms with Gasteiger partial charge in [0.15, 0.2) is 0 Å². The van der Waals surface area contributed by atoms with E-state index >= 15 is 0 Å². The van der Waals surface area contributed by atoms with Crippen LogP contribution in [0.15, 0.2) is 28.7 Å². The number of hydrogen-bond acceptors (Lipinski definition) is 2. The second kappa shape index (κ2) is 8.60. The molecule has 0 spiro atoms. The molecule has 0 aliphatic rings. The van der Waals surface area contributed by atoms with Gasteiger partial charge in [0.2, 0.25) is 0 Å². The Labute approximate surface area is 125 Å². The lowest BCUT2D eigenvalue weighted by molar-refractivity contribution is 0.0802. The second-order valence-corrected chi connectivity index (χ2v) is 6.08. The number of hydrogen-bond donors (Lipinski definition) is 1. The highest BCUT2D eigenvalue weighted by Crippen LogP contribution is 2.32. The number of aliphatic hydroxyl groups excluding tert-OH is 1. The summed E-state index contributed by atoms with van der Waals surface area (Å²) in [6.45, 7) is 5.27. The zero-order chi connectivity index (χ0) is 14.1. The highest BCUT2D eigenvalue weighted by molar-refractivity contribution is 9.10. The summed E-state index contributed by atoms with van der Waals surface area (Å²) in [5, 5.41) is 9.67. The smallest absolute Gasteiger partial charge is 0.119 e. The molecule has 0 aliphatic heterocycles. The monoisotopic (exact) mass is 328 g/mol. The van der Waals surface area contributed by atoms with Crippen LogP contribution >= 0.6 is 15.9 Å². The molecule has 0 heterocycles. The predicted octanol–water partition coefficient (Wildman–Crippen LogP) is 4.80. The number of ether oxygens (including phenoxy) is 1. The summed E-state index contributed by atoms with van der Waals surface area (Å²) in [5.74, 6) is 0.890. The van der Waals surface area contributed by atoms with Crippen LogP contribution in [-0.4, -0.2) is 18.3 Å². The highest BCUT2D eigenvalue weighted by atomic mass is 79.9. The van der Waals surface area contributed by atoms with Crippen molar-refractivity contribution in [3.63, 3.8) is 0 Å². The zero-order valence-electron chi connectivity index (χ0n) is 12.0. The fourth-order valence-corrected chi connectivity index (χ4v) is 2.48. The van der Waals surface area contributed by atoms with E-state index in [1.54, 1.807) is 0 Å². The summed E-state index contributed by atoms with van der Waals surface area (Å²) >= 11 is 3.41. The Kier molecular flexibility index (Phi) is 7.47. The number of unbranched alkanes of at least 4 members (excludes halogenated alkanes) is 1. The molecule has 0 saturated heterocycles. The van der Waals surface area contributed by atoms with Gasteiger partial charge in [-0.05, 0) is 48.9 Å². The summed E-state index contributed by atoms with van der Waals surface area (Å²) in [4.78, 5) is 0. The predicted molar refractivity (Wildman–Crippen MR) is 83.6 cm³/mol. The summed E-state index contributed by atoms with van der Waals surface area (Å²) in [6, 6.07) is 7.88. The molecule has 0 fully saturated rings. The van der Waals surface area contributed by atoms with Crippen LogP contribution in [0.5, 0.6) is 5.75 Å². The van der Waals surface area contributed by atoms with Crippen LogP contribution in [0.3, 0.4) is 0 Å². The van der Waals surface area contributed by atoms with Crippen molar-refractivity contribution in [2.45, 2.75) is 46.0 Å². The first-order valence-corrected chi connectivity index (χ1v) is 7.94. The first-order valence-electron chi connectivity index (χ1n) is 7.15. The van der Waals surface area contributed by atoms with Crippen molar-refractivity contribution in [2.24, 2.45) is 5.41 Å². The molecule has 0 aliphatic carbocycles. The minimum absolute atomic E-state index is 0.0331. The summed E-state index contributed by atoms with van der Waals surface area (Å²) in [6.07, 6.45) is 5.35. The van der Waals surface area contributed by atoms with E-state index in [-0.39, 0.29) is 12.0 Å². The van der Waals surface area contributed by atoms with Crippen LogP contribution in [0.25, 0.3) is 0 Å². The molecule has 1 aromatic carbocycles. The first-order chi connectivity index (χ1) is 9.15. The Morgan fingerprint density at radius 2 is 1.84 bits per heavy atom. The topological polar surface area (TPSA) is 29.5 Å². The molecule has 19 heavy (non-hydrogen) atoms. The lowest BCUT2D eigenvalue weighted by Gasteiger charge is -2.30. The van der Waals surface area contributed by atoms with Gasteiger partial charge >= 0.3 is 0 Å². The lowest BCUT2D eigenvalue weighted by Crippen LogP contribution is -2.27. The maximum Gasteiger partial charge on any atom is 0.119 e. The number of benzene rings is 1. The molecule has 1 atom stereocenters. The van der Waals surface area contributed by atoms with E-state index in [1.165, 1.54) is 12.8 Å². The maximum atomic E-state index is 9.67. The first kappa shape index (κ1) is 16.5. The molecule has 1 N–H and O–H groups in total. The molecule has 0 saturated carbocycles. The van der Waals surface area contributed by atoms with Gasteiger partial charge in [-0.15, -0.1) is 0 Å². The van der Waals surface area contributed by atoms with E-state index in [1.807, 2.05) is 24.3 Å². The van der Waals surface area contributed by atoms with E-state index in [9.17, 15) is 5.11 Å². The largest absolute Gasteiger partial charge is 0.494 e. The molecule has 3 heteroatoms. The van der Waals surface area contributed by atoms with Gasteiger partial charge in [-0.25, -0.2) is 0 Å². The summed E-state index contributed by atoms with van der Waals surface area (Å²) < 4.78 is 6.82. The van der Waals surface area contributed by atoms with Crippen molar-refractivity contribution in [2.75, 3.05) is 13.2 Å². The van der Waals surface area contributed by atoms with Crippen molar-refractivity contribution in [1.29, 1.82) is 0 Å². The van der Waals surface area contributed by atoms with Gasteiger partial charge in [0, 0.05) is 11.1 Å². The van der Waals surface area contributed by atoms with Gasteiger partial charge in [-0.2, -0.15) is 0 Å². The van der Waals surface area contributed by atoms with Gasteiger partial charge in [0.05, 0.1) is 6.61 Å². The van der Waals surface area contributed by atoms with Crippen molar-refractivity contribution < 1.29 is 9.84 Å². The van der Waals surface area contributed by atoms with E-state index in [4.69, 9.17) is 4.74 Å². The van der Waals surface area contributed by atoms with E-state index in [0.29, 0.717) is 6.61 Å². The average Bonchev–Trinajstić information content (AvgIpc) is 2.45. The van der Waals surface area contributed by atoms with Crippen LogP contribution in [0.2, 0.25) is 0 Å². The lowest BCUT2D eigenvalue weighted by atomic mass is 9.78. The fourth-order valence-electron chi connectivity index (χ4n) is 2.22. The molecule has 0 aromatic heterocycles. The van der Waals surface area contributed by atoms with Crippen LogP contribution in [0.1, 0.15) is 46.0 Å². The molecule has 1 unspecified atom stereocenters. The fraction of sp³-hybridized carbons (Fsp3) is 0.625. The number of halogens is 1. The third-order valence-corrected chi connectivity index (χ3v) is 4.39. The molecule has 0 bridgehead atoms. The Morgan fingerprint density at radius 1 is 1.16 bits per heavy atom. The molecule has 0 amide bonds. The molecule has 1 aromatic rings. The number of aliphatic hydroxyl groups is 1. The minimum Gasteiger partial charge on any atom is -0.494 e. The van der Waals surface area contributed by atoms with Crippen LogP contribution < -0.4 is 4.74 Å². The molecule has 2 nitrogen and oxygen atoms in total. The van der Waals surface area contributed by atoms with Gasteiger partial charge in [-0.1, -0.05) is 42.6 Å². The third kappa shape index (κ3) is 5.53. The summed E-state index contributed by atoms with van der Waals surface area (Å²) in [7, 11) is 0. The molecule has 108 valence electrons. The van der Waals surface area contributed by atoms with Crippen molar-refractivity contribution in [3.8, 4) is 5.75 Å². The molecular weight excluding hydrogens is 304 g/mol. The third-order valence-electron chi connectivity index (χ3n) is 3.86. The standard InChI is InChI=1S/C16H25BrO2/c1-3-5-10-16(4-2,13-18)11-12-19-15-8-6-14(17)7-9-15/h6-9,18H,3-5,10-13H2,1-2H3. The van der Waals surface area contributed by atoms with Crippen molar-refractivity contribution >= 4 is 15.9 Å². The Hall–Kier alpha value is -0.540. The average molecular weight is 329 g/mol. The molecule has 1 rings (SSSR count). The summed E-state index contributed by atoms with van der Waals surface area (Å²) in [5.41, 5.74) is 0.0331. The normalized spacial score (nSPS) is 14.1. The van der Waals surface area contributed by atoms with E-state index in [2.05, 4.69) is 29.8 Å². The van der Waals surface area contributed by atoms with Crippen LogP contribution in [0, 0.1) is 5.41 Å². The minimum atomic E-state index is 0.0331. The van der Waals surface area contributed by atoms with Gasteiger partial charge in [0.25, 0.3) is 0 Å². The number of rotatable bonds is 9. The van der Waals surface area contributed by atoms with Crippen molar-refractivity contribution in [3.05, 3.63) is 28.7 Å². The van der Waals surface area contributed by atoms with Gasteiger partial charge < -0.3 is 9.84 Å². The van der Waals surface area contributed by atoms with Crippen LogP contribution in [0.4, 0.5) is 0 Å². The van der Waals surface area contributed by atoms with E-state index < -0.39 is 0 Å².